The Labute approximate surface area is 190 Å². The number of carbonyl (C=O) groups excluding carboxylic acids is 1. The van der Waals surface area contributed by atoms with Crippen LogP contribution in [0, 0.1) is 11.8 Å². The lowest BCUT2D eigenvalue weighted by atomic mass is 9.88. The number of alkyl halides is 3. The molecule has 0 unspecified atom stereocenters. The molecular formula is C24H27F3N2O4. The molecule has 1 aliphatic carbocycles. The summed E-state index contributed by atoms with van der Waals surface area (Å²) in [5.41, 5.74) is 2.46. The van der Waals surface area contributed by atoms with Crippen LogP contribution in [0.2, 0.25) is 0 Å². The number of pyridine rings is 1. The summed E-state index contributed by atoms with van der Waals surface area (Å²) in [5.74, 6) is -1.76. The molecule has 1 aromatic carbocycles. The molecule has 2 fully saturated rings. The van der Waals surface area contributed by atoms with Crippen LogP contribution >= 0.6 is 0 Å². The van der Waals surface area contributed by atoms with Crippen LogP contribution in [-0.2, 0) is 27.4 Å². The van der Waals surface area contributed by atoms with E-state index in [0.717, 1.165) is 44.3 Å². The number of aromatic nitrogens is 1. The molecule has 2 aromatic rings. The quantitative estimate of drug-likeness (QED) is 0.696. The zero-order valence-corrected chi connectivity index (χ0v) is 18.1. The first kappa shape index (κ1) is 24.7. The molecule has 0 spiro atoms. The van der Waals surface area contributed by atoms with Gasteiger partial charge in [-0.2, -0.15) is 13.2 Å². The molecule has 2 heterocycles. The Bertz CT molecular complexity index is 905. The number of carbonyl (C=O) groups is 2. The van der Waals surface area contributed by atoms with Crippen LogP contribution in [-0.4, -0.2) is 52.2 Å². The van der Waals surface area contributed by atoms with Gasteiger partial charge in [-0.25, -0.2) is 4.79 Å². The summed E-state index contributed by atoms with van der Waals surface area (Å²) < 4.78 is 38.0. The number of ether oxygens (including phenoxy) is 1. The van der Waals surface area contributed by atoms with Crippen molar-refractivity contribution in [2.75, 3.05) is 13.1 Å². The lowest BCUT2D eigenvalue weighted by molar-refractivity contribution is -0.192. The number of benzene rings is 1. The van der Waals surface area contributed by atoms with Gasteiger partial charge in [0.25, 0.3) is 0 Å². The summed E-state index contributed by atoms with van der Waals surface area (Å²) in [5, 5.41) is 7.12. The van der Waals surface area contributed by atoms with Crippen LogP contribution in [0.1, 0.15) is 30.4 Å². The second-order valence-electron chi connectivity index (χ2n) is 8.30. The number of carboxylic acids is 1. The Morgan fingerprint density at radius 2 is 1.67 bits per heavy atom. The summed E-state index contributed by atoms with van der Waals surface area (Å²) in [4.78, 5) is 27.6. The highest BCUT2D eigenvalue weighted by Crippen LogP contribution is 2.33. The van der Waals surface area contributed by atoms with Crippen LogP contribution in [0.25, 0.3) is 0 Å². The van der Waals surface area contributed by atoms with Gasteiger partial charge in [0.15, 0.2) is 0 Å². The van der Waals surface area contributed by atoms with Crippen LogP contribution in [0.15, 0.2) is 54.9 Å². The minimum absolute atomic E-state index is 0.187. The SMILES string of the molecule is O=C(C1CC1)N1CC[C@@H](OCc2ccncc2)[C@@H](Cc2ccccc2)C1.O=C(O)C(F)(F)F. The molecule has 1 N–H and O–H groups in total. The Balaban J connectivity index is 0.000000383. The highest BCUT2D eigenvalue weighted by atomic mass is 19.4. The molecule has 0 bridgehead atoms. The van der Waals surface area contributed by atoms with E-state index < -0.39 is 12.1 Å². The van der Waals surface area contributed by atoms with E-state index in [0.29, 0.717) is 24.3 Å². The number of hydrogen-bond acceptors (Lipinski definition) is 4. The van der Waals surface area contributed by atoms with Crippen molar-refractivity contribution in [1.82, 2.24) is 9.88 Å². The van der Waals surface area contributed by atoms with Crippen LogP contribution < -0.4 is 0 Å². The molecule has 0 radical (unpaired) electrons. The molecule has 2 aliphatic rings. The molecule has 9 heteroatoms. The van der Waals surface area contributed by atoms with E-state index in [1.165, 1.54) is 5.56 Å². The Hall–Kier alpha value is -2.94. The monoisotopic (exact) mass is 464 g/mol. The molecule has 33 heavy (non-hydrogen) atoms. The van der Waals surface area contributed by atoms with Crippen molar-refractivity contribution < 1.29 is 32.6 Å². The maximum Gasteiger partial charge on any atom is 0.490 e. The van der Waals surface area contributed by atoms with E-state index in [1.807, 2.05) is 18.2 Å². The largest absolute Gasteiger partial charge is 0.490 e. The first-order chi connectivity index (χ1) is 15.7. The first-order valence-electron chi connectivity index (χ1n) is 10.9. The smallest absolute Gasteiger partial charge is 0.475 e. The number of carboxylic acid groups (broad SMARTS) is 1. The first-order valence-corrected chi connectivity index (χ1v) is 10.9. The molecule has 1 amide bonds. The van der Waals surface area contributed by atoms with E-state index in [1.54, 1.807) is 12.4 Å². The zero-order chi connectivity index (χ0) is 23.8. The third kappa shape index (κ3) is 7.85. The van der Waals surface area contributed by atoms with Crippen molar-refractivity contribution in [2.45, 2.75) is 44.6 Å². The molecule has 4 rings (SSSR count). The minimum atomic E-state index is -5.08. The Morgan fingerprint density at radius 1 is 1.03 bits per heavy atom. The summed E-state index contributed by atoms with van der Waals surface area (Å²) in [6, 6.07) is 14.5. The maximum atomic E-state index is 12.5. The van der Waals surface area contributed by atoms with Crippen molar-refractivity contribution in [3.63, 3.8) is 0 Å². The van der Waals surface area contributed by atoms with E-state index in [2.05, 4.69) is 34.1 Å². The van der Waals surface area contributed by atoms with Gasteiger partial charge in [-0.15, -0.1) is 0 Å². The lowest BCUT2D eigenvalue weighted by Gasteiger charge is -2.39. The zero-order valence-electron chi connectivity index (χ0n) is 18.1. The minimum Gasteiger partial charge on any atom is -0.475 e. The van der Waals surface area contributed by atoms with Crippen molar-refractivity contribution in [3.05, 3.63) is 66.0 Å². The summed E-state index contributed by atoms with van der Waals surface area (Å²) in [6.45, 7) is 2.24. The average Bonchev–Trinajstić information content (AvgIpc) is 3.64. The highest BCUT2D eigenvalue weighted by Gasteiger charge is 2.39. The van der Waals surface area contributed by atoms with Gasteiger partial charge in [0.2, 0.25) is 5.91 Å². The third-order valence-corrected chi connectivity index (χ3v) is 5.70. The normalized spacial score (nSPS) is 20.5. The second-order valence-corrected chi connectivity index (χ2v) is 8.30. The fourth-order valence-corrected chi connectivity index (χ4v) is 3.81. The number of amides is 1. The summed E-state index contributed by atoms with van der Waals surface area (Å²) in [7, 11) is 0. The van der Waals surface area contributed by atoms with E-state index in [4.69, 9.17) is 14.6 Å². The van der Waals surface area contributed by atoms with Crippen LogP contribution in [0.5, 0.6) is 0 Å². The molecule has 1 saturated carbocycles. The number of piperidine rings is 1. The van der Waals surface area contributed by atoms with Crippen LogP contribution in [0.4, 0.5) is 13.2 Å². The molecule has 1 aromatic heterocycles. The fourth-order valence-electron chi connectivity index (χ4n) is 3.81. The second kappa shape index (κ2) is 11.3. The molecular weight excluding hydrogens is 437 g/mol. The standard InChI is InChI=1S/C22H26N2O2.C2HF3O2/c25-22(19-6-7-19)24-13-10-21(26-16-18-8-11-23-12-9-18)20(15-24)14-17-4-2-1-3-5-17;3-2(4,5)1(6)7/h1-5,8-9,11-12,19-21H,6-7,10,13-16H2;(H,6,7)/t20-,21+;/m0./s1. The van der Waals surface area contributed by atoms with Gasteiger partial charge in [0, 0.05) is 37.3 Å². The van der Waals surface area contributed by atoms with Gasteiger partial charge in [-0.3, -0.25) is 9.78 Å². The molecule has 178 valence electrons. The van der Waals surface area contributed by atoms with Gasteiger partial charge < -0.3 is 14.7 Å². The number of rotatable bonds is 6. The predicted molar refractivity (Wildman–Crippen MR) is 114 cm³/mol. The van der Waals surface area contributed by atoms with Crippen molar-refractivity contribution in [1.29, 1.82) is 0 Å². The van der Waals surface area contributed by atoms with Crippen LogP contribution in [0.3, 0.4) is 0 Å². The summed E-state index contributed by atoms with van der Waals surface area (Å²) in [6.07, 6.45) is 2.72. The topological polar surface area (TPSA) is 79.7 Å². The van der Waals surface area contributed by atoms with Crippen molar-refractivity contribution >= 4 is 11.9 Å². The Kier molecular flexibility index (Phi) is 8.43. The molecule has 1 saturated heterocycles. The van der Waals surface area contributed by atoms with E-state index in [-0.39, 0.29) is 6.10 Å². The average molecular weight is 464 g/mol. The molecule has 2 atom stereocenters. The fraction of sp³-hybridized carbons (Fsp3) is 0.458. The lowest BCUT2D eigenvalue weighted by Crippen LogP contribution is -2.48. The molecule has 6 nitrogen and oxygen atoms in total. The van der Waals surface area contributed by atoms with Crippen molar-refractivity contribution in [3.8, 4) is 0 Å². The van der Waals surface area contributed by atoms with Gasteiger partial charge in [-0.05, 0) is 48.9 Å². The predicted octanol–water partition coefficient (Wildman–Crippen LogP) is 4.10. The summed E-state index contributed by atoms with van der Waals surface area (Å²) >= 11 is 0. The van der Waals surface area contributed by atoms with E-state index >= 15 is 0 Å². The van der Waals surface area contributed by atoms with Gasteiger partial charge >= 0.3 is 12.1 Å². The van der Waals surface area contributed by atoms with Gasteiger partial charge in [0.05, 0.1) is 12.7 Å². The van der Waals surface area contributed by atoms with Crippen molar-refractivity contribution in [2.24, 2.45) is 11.8 Å². The number of likely N-dealkylation sites (tertiary alicyclic amines) is 1. The Morgan fingerprint density at radius 3 is 2.24 bits per heavy atom. The number of halogens is 3. The van der Waals surface area contributed by atoms with Gasteiger partial charge in [0.1, 0.15) is 0 Å². The van der Waals surface area contributed by atoms with E-state index in [9.17, 15) is 18.0 Å². The number of hydrogen-bond donors (Lipinski definition) is 1. The number of aliphatic carboxylic acids is 1. The molecule has 1 aliphatic heterocycles. The number of nitrogens with zero attached hydrogens (tertiary/aromatic N) is 2. The van der Waals surface area contributed by atoms with Gasteiger partial charge in [-0.1, -0.05) is 30.3 Å². The highest BCUT2D eigenvalue weighted by molar-refractivity contribution is 5.81. The third-order valence-electron chi connectivity index (χ3n) is 5.70. The maximum absolute atomic E-state index is 12.5.